The molecule has 29 heavy (non-hydrogen) atoms. The van der Waals surface area contributed by atoms with Gasteiger partial charge >= 0.3 is 17.9 Å². The van der Waals surface area contributed by atoms with Gasteiger partial charge in [0.25, 0.3) is 0 Å². The molecule has 2 aliphatic heterocycles. The van der Waals surface area contributed by atoms with Gasteiger partial charge in [-0.15, -0.1) is 0 Å². The fraction of sp³-hybridized carbons (Fsp3) is 0.571. The van der Waals surface area contributed by atoms with Gasteiger partial charge in [-0.2, -0.15) is 0 Å². The van der Waals surface area contributed by atoms with Gasteiger partial charge in [-0.25, -0.2) is 0 Å². The largest absolute Gasteiger partial charge is 0.463 e. The Balaban J connectivity index is 1.84. The summed E-state index contributed by atoms with van der Waals surface area (Å²) in [5.41, 5.74) is 1.13. The molecule has 2 fully saturated rings. The van der Waals surface area contributed by atoms with Crippen molar-refractivity contribution in [1.82, 2.24) is 0 Å². The summed E-state index contributed by atoms with van der Waals surface area (Å²) in [6.45, 7) is 4.12. The molecule has 2 saturated heterocycles. The number of carbonyl (C=O) groups is 3. The second kappa shape index (κ2) is 9.37. The van der Waals surface area contributed by atoms with Crippen LogP contribution in [0.15, 0.2) is 30.3 Å². The fourth-order valence-electron chi connectivity index (χ4n) is 3.93. The molecule has 1 aromatic rings. The molecule has 6 atom stereocenters. The Hall–Kier alpha value is -2.45. The van der Waals surface area contributed by atoms with E-state index in [1.54, 1.807) is 0 Å². The van der Waals surface area contributed by atoms with Gasteiger partial charge in [-0.1, -0.05) is 30.3 Å². The third-order valence-electron chi connectivity index (χ3n) is 5.03. The highest BCUT2D eigenvalue weighted by Crippen LogP contribution is 2.37. The Bertz CT molecular complexity index is 733. The summed E-state index contributed by atoms with van der Waals surface area (Å²) in [7, 11) is 0. The van der Waals surface area contributed by atoms with Gasteiger partial charge < -0.3 is 23.7 Å². The minimum atomic E-state index is -0.938. The molecule has 0 spiro atoms. The van der Waals surface area contributed by atoms with Crippen LogP contribution >= 0.6 is 0 Å². The van der Waals surface area contributed by atoms with Crippen molar-refractivity contribution >= 4 is 17.9 Å². The third-order valence-corrected chi connectivity index (χ3v) is 5.03. The van der Waals surface area contributed by atoms with Crippen LogP contribution in [-0.2, 0) is 44.5 Å². The number of rotatable bonds is 6. The second-order valence-electron chi connectivity index (χ2n) is 7.34. The van der Waals surface area contributed by atoms with E-state index in [4.69, 9.17) is 23.7 Å². The normalized spacial score (nSPS) is 30.9. The number of carbonyl (C=O) groups excluding carboxylic acids is 3. The summed E-state index contributed by atoms with van der Waals surface area (Å²) < 4.78 is 28.1. The predicted octanol–water partition coefficient (Wildman–Crippen LogP) is 1.44. The minimum absolute atomic E-state index is 0.0126. The standard InChI is InChI=1S/C21H26O8/c1-12(22)25-11-17-19(27-13(2)23)21(28-14(3)24)20-18(29-17)16(10-26-20)9-15-7-5-4-6-8-15/h4-8,16-21H,9-11H2,1-3H3/t16-,17-,18-,19-,20+,21+/m1/s1. The molecule has 158 valence electrons. The smallest absolute Gasteiger partial charge is 0.303 e. The monoisotopic (exact) mass is 406 g/mol. The highest BCUT2D eigenvalue weighted by atomic mass is 16.7. The highest BCUT2D eigenvalue weighted by Gasteiger charge is 2.55. The van der Waals surface area contributed by atoms with Gasteiger partial charge in [-0.05, 0) is 12.0 Å². The molecule has 0 amide bonds. The SMILES string of the molecule is CC(=O)OC[C@H]1O[C@@H]2[C@H](Cc3ccccc3)CO[C@@H]2[C@@H](OC(C)=O)[C@@H]1OC(C)=O. The van der Waals surface area contributed by atoms with Crippen molar-refractivity contribution in [3.8, 4) is 0 Å². The Morgan fingerprint density at radius 3 is 2.21 bits per heavy atom. The van der Waals surface area contributed by atoms with E-state index in [-0.39, 0.29) is 12.5 Å². The fourth-order valence-corrected chi connectivity index (χ4v) is 3.93. The maximum Gasteiger partial charge on any atom is 0.303 e. The van der Waals surface area contributed by atoms with E-state index in [2.05, 4.69) is 0 Å². The maximum absolute atomic E-state index is 11.7. The zero-order chi connectivity index (χ0) is 21.0. The molecule has 8 nitrogen and oxygen atoms in total. The number of hydrogen-bond acceptors (Lipinski definition) is 8. The van der Waals surface area contributed by atoms with E-state index >= 15 is 0 Å². The average Bonchev–Trinajstić information content (AvgIpc) is 3.04. The zero-order valence-corrected chi connectivity index (χ0v) is 16.7. The topological polar surface area (TPSA) is 97.4 Å². The van der Waals surface area contributed by atoms with Crippen LogP contribution in [0.2, 0.25) is 0 Å². The summed E-state index contributed by atoms with van der Waals surface area (Å²) in [4.78, 5) is 34.7. The highest BCUT2D eigenvalue weighted by molar-refractivity contribution is 5.68. The number of fused-ring (bicyclic) bond motifs is 1. The molecule has 1 aromatic carbocycles. The minimum Gasteiger partial charge on any atom is -0.463 e. The van der Waals surface area contributed by atoms with Gasteiger partial charge in [0.1, 0.15) is 18.8 Å². The van der Waals surface area contributed by atoms with Crippen molar-refractivity contribution in [3.63, 3.8) is 0 Å². The van der Waals surface area contributed by atoms with Crippen LogP contribution in [0.25, 0.3) is 0 Å². The van der Waals surface area contributed by atoms with Crippen LogP contribution in [0.1, 0.15) is 26.3 Å². The van der Waals surface area contributed by atoms with Gasteiger partial charge in [0, 0.05) is 26.7 Å². The first-order chi connectivity index (χ1) is 13.8. The second-order valence-corrected chi connectivity index (χ2v) is 7.34. The third kappa shape index (κ3) is 5.33. The number of benzene rings is 1. The van der Waals surface area contributed by atoms with E-state index in [1.807, 2.05) is 30.3 Å². The lowest BCUT2D eigenvalue weighted by Crippen LogP contribution is -2.61. The Morgan fingerprint density at radius 1 is 0.931 bits per heavy atom. The predicted molar refractivity (Wildman–Crippen MR) is 99.8 cm³/mol. The molecule has 0 unspecified atom stereocenters. The first kappa shape index (κ1) is 21.3. The molecule has 0 saturated carbocycles. The van der Waals surface area contributed by atoms with Crippen LogP contribution in [-0.4, -0.2) is 61.6 Å². The van der Waals surface area contributed by atoms with Crippen LogP contribution in [0.5, 0.6) is 0 Å². The summed E-state index contributed by atoms with van der Waals surface area (Å²) >= 11 is 0. The molecular formula is C21H26O8. The van der Waals surface area contributed by atoms with Crippen LogP contribution in [0, 0.1) is 5.92 Å². The molecule has 0 bridgehead atoms. The number of hydrogen-bond donors (Lipinski definition) is 0. The summed E-state index contributed by atoms with van der Waals surface area (Å²) in [5, 5.41) is 0. The van der Waals surface area contributed by atoms with Crippen molar-refractivity contribution in [3.05, 3.63) is 35.9 Å². The molecule has 2 aliphatic rings. The van der Waals surface area contributed by atoms with Crippen molar-refractivity contribution in [2.75, 3.05) is 13.2 Å². The molecule has 0 N–H and O–H groups in total. The van der Waals surface area contributed by atoms with E-state index in [1.165, 1.54) is 20.8 Å². The maximum atomic E-state index is 11.7. The average molecular weight is 406 g/mol. The van der Waals surface area contributed by atoms with Gasteiger partial charge in [0.15, 0.2) is 12.2 Å². The number of esters is 3. The molecule has 0 aromatic heterocycles. The lowest BCUT2D eigenvalue weighted by atomic mass is 9.87. The van der Waals surface area contributed by atoms with Crippen LogP contribution in [0.3, 0.4) is 0 Å². The summed E-state index contributed by atoms with van der Waals surface area (Å²) in [6.07, 6.45) is -2.82. The number of ether oxygens (including phenoxy) is 5. The van der Waals surface area contributed by atoms with Crippen LogP contribution < -0.4 is 0 Å². The molecular weight excluding hydrogens is 380 g/mol. The van der Waals surface area contributed by atoms with Crippen molar-refractivity contribution < 1.29 is 38.1 Å². The van der Waals surface area contributed by atoms with Crippen molar-refractivity contribution in [2.45, 2.75) is 57.7 Å². The van der Waals surface area contributed by atoms with Gasteiger partial charge in [0.2, 0.25) is 0 Å². The molecule has 0 aliphatic carbocycles. The van der Waals surface area contributed by atoms with Gasteiger partial charge in [0.05, 0.1) is 12.7 Å². The van der Waals surface area contributed by atoms with E-state index in [0.29, 0.717) is 13.0 Å². The quantitative estimate of drug-likeness (QED) is 0.517. The van der Waals surface area contributed by atoms with Gasteiger partial charge in [-0.3, -0.25) is 14.4 Å². The van der Waals surface area contributed by atoms with Crippen molar-refractivity contribution in [2.24, 2.45) is 5.92 Å². The summed E-state index contributed by atoms with van der Waals surface area (Å²) in [5.74, 6) is -1.54. The van der Waals surface area contributed by atoms with Crippen molar-refractivity contribution in [1.29, 1.82) is 0 Å². The van der Waals surface area contributed by atoms with Crippen LogP contribution in [0.4, 0.5) is 0 Å². The van der Waals surface area contributed by atoms with E-state index < -0.39 is 48.4 Å². The molecule has 3 rings (SSSR count). The summed E-state index contributed by atoms with van der Waals surface area (Å²) in [6, 6.07) is 9.93. The molecule has 2 heterocycles. The zero-order valence-electron chi connectivity index (χ0n) is 16.7. The Morgan fingerprint density at radius 2 is 1.59 bits per heavy atom. The lowest BCUT2D eigenvalue weighted by molar-refractivity contribution is -0.240. The first-order valence-corrected chi connectivity index (χ1v) is 9.64. The Labute approximate surface area is 169 Å². The molecule has 8 heteroatoms. The van der Waals surface area contributed by atoms with E-state index in [0.717, 1.165) is 5.56 Å². The first-order valence-electron chi connectivity index (χ1n) is 9.64. The lowest BCUT2D eigenvalue weighted by Gasteiger charge is -2.43. The van der Waals surface area contributed by atoms with E-state index in [9.17, 15) is 14.4 Å². The molecule has 0 radical (unpaired) electrons. The Kier molecular flexibility index (Phi) is 6.87.